The number of hydrogen-bond acceptors (Lipinski definition) is 4. The summed E-state index contributed by atoms with van der Waals surface area (Å²) in [4.78, 5) is 16.2. The number of piperidine rings is 1. The van der Waals surface area contributed by atoms with E-state index in [1.54, 1.807) is 27.8 Å². The predicted octanol–water partition coefficient (Wildman–Crippen LogP) is 3.83. The van der Waals surface area contributed by atoms with Gasteiger partial charge in [-0.2, -0.15) is 4.31 Å². The summed E-state index contributed by atoms with van der Waals surface area (Å²) < 4.78 is 27.4. The molecule has 4 rings (SSSR count). The smallest absolute Gasteiger partial charge is 0.243 e. The van der Waals surface area contributed by atoms with Crippen LogP contribution in [0.3, 0.4) is 0 Å². The largest absolute Gasteiger partial charge is 0.312 e. The van der Waals surface area contributed by atoms with E-state index in [-0.39, 0.29) is 5.91 Å². The fraction of sp³-hybridized carbons (Fsp3) is 0.476. The van der Waals surface area contributed by atoms with E-state index in [1.807, 2.05) is 17.0 Å². The fourth-order valence-corrected chi connectivity index (χ4v) is 6.38. The lowest BCUT2D eigenvalue weighted by atomic mass is 10.1. The molecular formula is C21H26N2O3S2. The van der Waals surface area contributed by atoms with E-state index in [1.165, 1.54) is 4.88 Å². The first-order chi connectivity index (χ1) is 13.6. The van der Waals surface area contributed by atoms with Gasteiger partial charge in [-0.05, 0) is 67.3 Å². The molecule has 0 atom stereocenters. The van der Waals surface area contributed by atoms with Gasteiger partial charge in [0.05, 0.1) is 4.90 Å². The Bertz CT molecular complexity index is 933. The molecular weight excluding hydrogens is 392 g/mol. The number of nitrogens with zero attached hydrogens (tertiary/aromatic N) is 2. The van der Waals surface area contributed by atoms with Crippen LogP contribution < -0.4 is 4.90 Å². The lowest BCUT2D eigenvalue weighted by Gasteiger charge is -2.26. The van der Waals surface area contributed by atoms with Crippen LogP contribution in [-0.4, -0.2) is 38.3 Å². The zero-order valence-corrected chi connectivity index (χ0v) is 17.6. The van der Waals surface area contributed by atoms with Crippen molar-refractivity contribution in [3.8, 4) is 0 Å². The van der Waals surface area contributed by atoms with Gasteiger partial charge < -0.3 is 4.90 Å². The second kappa shape index (κ2) is 8.35. The summed E-state index contributed by atoms with van der Waals surface area (Å²) in [6.07, 6.45) is 5.96. The number of amides is 1. The van der Waals surface area contributed by atoms with Crippen molar-refractivity contribution in [2.45, 2.75) is 49.8 Å². The third kappa shape index (κ3) is 4.02. The van der Waals surface area contributed by atoms with E-state index in [4.69, 9.17) is 0 Å². The van der Waals surface area contributed by atoms with E-state index in [9.17, 15) is 13.2 Å². The Labute approximate surface area is 171 Å². The summed E-state index contributed by atoms with van der Waals surface area (Å²) in [6, 6.07) is 9.40. The van der Waals surface area contributed by atoms with Crippen LogP contribution in [-0.2, 0) is 27.7 Å². The summed E-state index contributed by atoms with van der Waals surface area (Å²) >= 11 is 1.73. The minimum atomic E-state index is -3.43. The quantitative estimate of drug-likeness (QED) is 0.716. The van der Waals surface area contributed by atoms with Gasteiger partial charge in [-0.25, -0.2) is 8.42 Å². The molecule has 0 radical (unpaired) electrons. The minimum Gasteiger partial charge on any atom is -0.312 e. The van der Waals surface area contributed by atoms with Gasteiger partial charge in [0, 0.05) is 36.6 Å². The molecule has 0 N–H and O–H groups in total. The van der Waals surface area contributed by atoms with E-state index < -0.39 is 10.0 Å². The number of anilines is 1. The number of benzene rings is 1. The maximum Gasteiger partial charge on any atom is 0.243 e. The molecule has 3 heterocycles. The summed E-state index contributed by atoms with van der Waals surface area (Å²) in [5.41, 5.74) is 1.84. The Morgan fingerprint density at radius 3 is 2.64 bits per heavy atom. The lowest BCUT2D eigenvalue weighted by molar-refractivity contribution is -0.118. The summed E-state index contributed by atoms with van der Waals surface area (Å²) in [5.74, 6) is 0.127. The van der Waals surface area contributed by atoms with Gasteiger partial charge >= 0.3 is 0 Å². The average molecular weight is 419 g/mol. The minimum absolute atomic E-state index is 0.127. The van der Waals surface area contributed by atoms with Crippen molar-refractivity contribution < 1.29 is 13.2 Å². The predicted molar refractivity (Wildman–Crippen MR) is 112 cm³/mol. The van der Waals surface area contributed by atoms with Crippen molar-refractivity contribution in [1.82, 2.24) is 4.31 Å². The molecule has 1 aromatic carbocycles. The van der Waals surface area contributed by atoms with E-state index in [0.29, 0.717) is 31.0 Å². The molecule has 0 aliphatic carbocycles. The summed E-state index contributed by atoms with van der Waals surface area (Å²) in [6.45, 7) is 1.85. The van der Waals surface area contributed by atoms with Crippen molar-refractivity contribution in [3.63, 3.8) is 0 Å². The standard InChI is InChI=1S/C21H26N2O3S2/c24-21(8-4-6-18-7-5-15-27-18)23-14-11-17-16-19(9-10-20(17)23)28(25,26)22-12-2-1-3-13-22/h5,7,9-10,15-16H,1-4,6,8,11-14H2. The Morgan fingerprint density at radius 2 is 1.89 bits per heavy atom. The Balaban J connectivity index is 1.43. The van der Waals surface area contributed by atoms with Gasteiger partial charge in [-0.1, -0.05) is 12.5 Å². The molecule has 2 aromatic rings. The number of sulfonamides is 1. The number of fused-ring (bicyclic) bond motifs is 1. The summed E-state index contributed by atoms with van der Waals surface area (Å²) in [5, 5.41) is 2.06. The fourth-order valence-electron chi connectivity index (χ4n) is 4.06. The second-order valence-electron chi connectivity index (χ2n) is 7.48. The molecule has 1 saturated heterocycles. The third-order valence-electron chi connectivity index (χ3n) is 5.59. The van der Waals surface area contributed by atoms with Crippen LogP contribution in [0, 0.1) is 0 Å². The van der Waals surface area contributed by atoms with Crippen LogP contribution in [0.1, 0.15) is 42.5 Å². The third-order valence-corrected chi connectivity index (χ3v) is 8.43. The zero-order chi connectivity index (χ0) is 19.6. The van der Waals surface area contributed by atoms with Crippen LogP contribution in [0.5, 0.6) is 0 Å². The molecule has 7 heteroatoms. The van der Waals surface area contributed by atoms with Gasteiger partial charge in [-0.3, -0.25) is 4.79 Å². The van der Waals surface area contributed by atoms with Crippen molar-refractivity contribution in [2.75, 3.05) is 24.5 Å². The molecule has 150 valence electrons. The van der Waals surface area contributed by atoms with Crippen LogP contribution in [0.25, 0.3) is 0 Å². The molecule has 2 aliphatic rings. The topological polar surface area (TPSA) is 57.7 Å². The first-order valence-corrected chi connectivity index (χ1v) is 12.3. The second-order valence-corrected chi connectivity index (χ2v) is 10.5. The summed E-state index contributed by atoms with van der Waals surface area (Å²) in [7, 11) is -3.43. The molecule has 1 fully saturated rings. The Morgan fingerprint density at radius 1 is 1.07 bits per heavy atom. The van der Waals surface area contributed by atoms with Crippen molar-refractivity contribution in [3.05, 3.63) is 46.2 Å². The SMILES string of the molecule is O=C(CCCc1cccs1)N1CCc2cc(S(=O)(=O)N3CCCCC3)ccc21. The van der Waals surface area contributed by atoms with Crippen LogP contribution in [0.2, 0.25) is 0 Å². The number of rotatable bonds is 6. The molecule has 2 aliphatic heterocycles. The molecule has 0 unspecified atom stereocenters. The number of aryl methyl sites for hydroxylation is 1. The molecule has 0 spiro atoms. The van der Waals surface area contributed by atoms with Crippen molar-refractivity contribution in [2.24, 2.45) is 0 Å². The Kier molecular flexibility index (Phi) is 5.85. The number of hydrogen-bond donors (Lipinski definition) is 0. The van der Waals surface area contributed by atoms with Crippen molar-refractivity contribution in [1.29, 1.82) is 0 Å². The van der Waals surface area contributed by atoms with Gasteiger partial charge in [0.2, 0.25) is 15.9 Å². The van der Waals surface area contributed by atoms with Gasteiger partial charge in [0.1, 0.15) is 0 Å². The van der Waals surface area contributed by atoms with Gasteiger partial charge in [0.25, 0.3) is 0 Å². The van der Waals surface area contributed by atoms with Gasteiger partial charge in [0.15, 0.2) is 0 Å². The zero-order valence-electron chi connectivity index (χ0n) is 16.0. The highest BCUT2D eigenvalue weighted by molar-refractivity contribution is 7.89. The molecule has 28 heavy (non-hydrogen) atoms. The monoisotopic (exact) mass is 418 g/mol. The highest BCUT2D eigenvalue weighted by atomic mass is 32.2. The Hall–Kier alpha value is -1.70. The molecule has 0 bridgehead atoms. The number of thiophene rings is 1. The van der Waals surface area contributed by atoms with Crippen molar-refractivity contribution >= 4 is 33.0 Å². The highest BCUT2D eigenvalue weighted by Gasteiger charge is 2.29. The van der Waals surface area contributed by atoms with Crippen LogP contribution >= 0.6 is 11.3 Å². The van der Waals surface area contributed by atoms with E-state index >= 15 is 0 Å². The average Bonchev–Trinajstić information content (AvgIpc) is 3.37. The maximum absolute atomic E-state index is 12.9. The first-order valence-electron chi connectivity index (χ1n) is 10.0. The van der Waals surface area contributed by atoms with Crippen LogP contribution in [0.4, 0.5) is 5.69 Å². The molecule has 1 aromatic heterocycles. The molecule has 1 amide bonds. The highest BCUT2D eigenvalue weighted by Crippen LogP contribution is 2.32. The van der Waals surface area contributed by atoms with E-state index in [0.717, 1.165) is 49.8 Å². The van der Waals surface area contributed by atoms with E-state index in [2.05, 4.69) is 11.4 Å². The lowest BCUT2D eigenvalue weighted by Crippen LogP contribution is -2.35. The molecule has 0 saturated carbocycles. The first kappa shape index (κ1) is 19.6. The normalized spacial score (nSPS) is 17.6. The maximum atomic E-state index is 12.9. The molecule has 5 nitrogen and oxygen atoms in total. The number of carbonyl (C=O) groups excluding carboxylic acids is 1. The number of carbonyl (C=O) groups is 1. The van der Waals surface area contributed by atoms with Gasteiger partial charge in [-0.15, -0.1) is 11.3 Å². The van der Waals surface area contributed by atoms with Crippen LogP contribution in [0.15, 0.2) is 40.6 Å².